The van der Waals surface area contributed by atoms with E-state index in [-0.39, 0.29) is 6.10 Å². The molecule has 80 valence electrons. The summed E-state index contributed by atoms with van der Waals surface area (Å²) in [5.41, 5.74) is 1.15. The summed E-state index contributed by atoms with van der Waals surface area (Å²) in [7, 11) is 0. The third-order valence-electron chi connectivity index (χ3n) is 2.42. The van der Waals surface area contributed by atoms with Crippen LogP contribution in [0.5, 0.6) is 0 Å². The third-order valence-corrected chi connectivity index (χ3v) is 2.42. The van der Waals surface area contributed by atoms with E-state index in [4.69, 9.17) is 9.16 Å². The van der Waals surface area contributed by atoms with E-state index in [0.29, 0.717) is 0 Å². The average Bonchev–Trinajstić information content (AvgIpc) is 2.16. The lowest BCUT2D eigenvalue weighted by atomic mass is 10.0. The van der Waals surface area contributed by atoms with E-state index in [9.17, 15) is 0 Å². The fraction of sp³-hybridized carbons (Fsp3) is 0.462. The molecular weight excluding hydrogens is 188 g/mol. The molecule has 0 spiro atoms. The van der Waals surface area contributed by atoms with Crippen LogP contribution in [0.1, 0.15) is 37.2 Å². The maximum Gasteiger partial charge on any atom is 0.384 e. The first-order valence-corrected chi connectivity index (χ1v) is 5.35. The van der Waals surface area contributed by atoms with Crippen LogP contribution >= 0.6 is 0 Å². The molecule has 0 aliphatic carbocycles. The summed E-state index contributed by atoms with van der Waals surface area (Å²) in [6.07, 6.45) is 1.05. The molecule has 0 bridgehead atoms. The quantitative estimate of drug-likeness (QED) is 0.645. The molecule has 1 aliphatic heterocycles. The van der Waals surface area contributed by atoms with Crippen molar-refractivity contribution in [1.29, 1.82) is 0 Å². The van der Waals surface area contributed by atoms with Crippen molar-refractivity contribution in [3.8, 4) is 0 Å². The molecule has 0 amide bonds. The predicted molar refractivity (Wildman–Crippen MR) is 60.0 cm³/mol. The monoisotopic (exact) mass is 205 g/mol. The van der Waals surface area contributed by atoms with Crippen LogP contribution in [0.25, 0.3) is 0 Å². The van der Waals surface area contributed by atoms with E-state index in [2.05, 4.69) is 19.1 Å². The molecule has 1 aliphatic rings. The maximum absolute atomic E-state index is 5.82. The number of ether oxygens (including phenoxy) is 1. The van der Waals surface area contributed by atoms with Crippen LogP contribution in [0.15, 0.2) is 30.3 Å². The number of benzene rings is 1. The normalized spacial score (nSPS) is 24.7. The lowest BCUT2D eigenvalue weighted by molar-refractivity contribution is -0.487. The van der Waals surface area contributed by atoms with E-state index in [1.54, 1.807) is 0 Å². The minimum Gasteiger partial charge on any atom is -0.291 e. The molecule has 1 aromatic carbocycles. The molecule has 1 unspecified atom stereocenters. The highest BCUT2D eigenvalue weighted by Crippen LogP contribution is 2.23. The Morgan fingerprint density at radius 1 is 1.27 bits per heavy atom. The van der Waals surface area contributed by atoms with Gasteiger partial charge in [0.15, 0.2) is 0 Å². The highest BCUT2D eigenvalue weighted by atomic mass is 16.7. The van der Waals surface area contributed by atoms with Gasteiger partial charge in [-0.1, -0.05) is 18.2 Å². The summed E-state index contributed by atoms with van der Waals surface area (Å²) in [5, 5.41) is 0. The number of hydrogen-bond donors (Lipinski definition) is 0. The van der Waals surface area contributed by atoms with Gasteiger partial charge in [0.1, 0.15) is 0 Å². The first-order valence-electron chi connectivity index (χ1n) is 5.35. The van der Waals surface area contributed by atoms with Crippen LogP contribution in [0.2, 0.25) is 0 Å². The van der Waals surface area contributed by atoms with Crippen molar-refractivity contribution in [3.05, 3.63) is 35.9 Å². The van der Waals surface area contributed by atoms with Gasteiger partial charge in [-0.15, -0.1) is 0 Å². The van der Waals surface area contributed by atoms with Crippen molar-refractivity contribution in [2.75, 3.05) is 0 Å². The Morgan fingerprint density at radius 3 is 2.53 bits per heavy atom. The second kappa shape index (κ2) is 3.78. The fourth-order valence-corrected chi connectivity index (χ4v) is 1.95. The topological polar surface area (TPSA) is 20.5 Å². The molecule has 1 heterocycles. The van der Waals surface area contributed by atoms with Gasteiger partial charge in [0.25, 0.3) is 0 Å². The zero-order valence-corrected chi connectivity index (χ0v) is 9.49. The third kappa shape index (κ3) is 2.45. The number of rotatable bonds is 1. The van der Waals surface area contributed by atoms with E-state index in [1.807, 2.05) is 32.0 Å². The van der Waals surface area contributed by atoms with Gasteiger partial charge in [0.05, 0.1) is 31.9 Å². The molecule has 2 nitrogen and oxygen atoms in total. The molecule has 0 saturated carbocycles. The molecule has 0 fully saturated rings. The number of carbonyl (C=O) groups excluding carboxylic acids is 1. The summed E-state index contributed by atoms with van der Waals surface area (Å²) in [5.74, 6) is 0.516. The van der Waals surface area contributed by atoms with E-state index in [0.717, 1.165) is 17.8 Å². The Hall–Kier alpha value is -1.15. The molecular formula is C13H17O2+. The van der Waals surface area contributed by atoms with E-state index in [1.165, 1.54) is 0 Å². The van der Waals surface area contributed by atoms with Crippen LogP contribution in [0.4, 0.5) is 0 Å². The van der Waals surface area contributed by atoms with Gasteiger partial charge in [-0.05, 0) is 19.1 Å². The molecule has 2 heteroatoms. The molecule has 15 heavy (non-hydrogen) atoms. The summed E-state index contributed by atoms with van der Waals surface area (Å²) in [6, 6.07) is 10.2. The molecule has 1 aromatic rings. The Kier molecular flexibility index (Phi) is 2.61. The lowest BCUT2D eigenvalue weighted by Crippen LogP contribution is -2.35. The average molecular weight is 205 g/mol. The molecule has 0 aromatic heterocycles. The van der Waals surface area contributed by atoms with E-state index < -0.39 is 5.79 Å². The minimum absolute atomic E-state index is 0.212. The number of ketones is 1. The first kappa shape index (κ1) is 10.4. The Morgan fingerprint density at radius 2 is 1.93 bits per heavy atom. The van der Waals surface area contributed by atoms with Crippen LogP contribution in [-0.2, 0) is 4.74 Å². The SMILES string of the molecule is CC1CC(c2ccccc2)=[O+]C(C)(C)O1. The standard InChI is InChI=1S/C13H17O2/c1-10-9-12(15-13(2,3)14-10)11-7-5-4-6-8-11/h4-8,10H,9H2,1-3H3/q+1. The Balaban J connectivity index is 2.34. The minimum atomic E-state index is -0.511. The Labute approximate surface area is 90.6 Å². The highest BCUT2D eigenvalue weighted by Gasteiger charge is 2.40. The second-order valence-electron chi connectivity index (χ2n) is 4.42. The molecule has 1 atom stereocenters. The molecule has 0 saturated heterocycles. The van der Waals surface area contributed by atoms with Gasteiger partial charge in [0.2, 0.25) is 0 Å². The summed E-state index contributed by atoms with van der Waals surface area (Å²) in [6.45, 7) is 5.98. The van der Waals surface area contributed by atoms with E-state index >= 15 is 0 Å². The van der Waals surface area contributed by atoms with Crippen molar-refractivity contribution < 1.29 is 9.16 Å². The first-order chi connectivity index (χ1) is 7.07. The molecule has 0 N–H and O–H groups in total. The zero-order valence-electron chi connectivity index (χ0n) is 9.49. The molecule has 0 radical (unpaired) electrons. The van der Waals surface area contributed by atoms with Crippen molar-refractivity contribution in [3.63, 3.8) is 0 Å². The molecule has 2 rings (SSSR count). The van der Waals surface area contributed by atoms with Crippen molar-refractivity contribution >= 4 is 5.78 Å². The van der Waals surface area contributed by atoms with Gasteiger partial charge in [-0.3, -0.25) is 4.74 Å². The Bertz CT molecular complexity index is 365. The second-order valence-corrected chi connectivity index (χ2v) is 4.42. The smallest absolute Gasteiger partial charge is 0.291 e. The predicted octanol–water partition coefficient (Wildman–Crippen LogP) is 2.95. The van der Waals surface area contributed by atoms with Crippen molar-refractivity contribution in [2.45, 2.75) is 39.1 Å². The maximum atomic E-state index is 5.82. The van der Waals surface area contributed by atoms with Crippen molar-refractivity contribution in [1.82, 2.24) is 0 Å². The largest absolute Gasteiger partial charge is 0.384 e. The summed E-state index contributed by atoms with van der Waals surface area (Å²) in [4.78, 5) is 0. The zero-order chi connectivity index (χ0) is 10.9. The van der Waals surface area contributed by atoms with Gasteiger partial charge >= 0.3 is 11.6 Å². The van der Waals surface area contributed by atoms with Crippen LogP contribution in [0.3, 0.4) is 0 Å². The van der Waals surface area contributed by atoms with Crippen LogP contribution in [-0.4, -0.2) is 17.7 Å². The highest BCUT2D eigenvalue weighted by molar-refractivity contribution is 5.96. The van der Waals surface area contributed by atoms with Gasteiger partial charge in [0, 0.05) is 0 Å². The summed E-state index contributed by atoms with van der Waals surface area (Å²) < 4.78 is 11.5. The fourth-order valence-electron chi connectivity index (χ4n) is 1.95. The number of hydrogen-bond acceptors (Lipinski definition) is 1. The van der Waals surface area contributed by atoms with Gasteiger partial charge in [-0.25, -0.2) is 4.42 Å². The lowest BCUT2D eigenvalue weighted by Gasteiger charge is -2.21. The van der Waals surface area contributed by atoms with Gasteiger partial charge in [-0.2, -0.15) is 0 Å². The summed E-state index contributed by atoms with van der Waals surface area (Å²) >= 11 is 0. The van der Waals surface area contributed by atoms with Gasteiger partial charge < -0.3 is 0 Å². The van der Waals surface area contributed by atoms with Crippen LogP contribution < -0.4 is 0 Å². The van der Waals surface area contributed by atoms with Crippen LogP contribution in [0, 0.1) is 0 Å². The van der Waals surface area contributed by atoms with Crippen molar-refractivity contribution in [2.24, 2.45) is 0 Å².